The van der Waals surface area contributed by atoms with Gasteiger partial charge in [0.1, 0.15) is 6.54 Å². The third-order valence-electron chi connectivity index (χ3n) is 1.78. The third-order valence-corrected chi connectivity index (χ3v) is 1.78. The lowest BCUT2D eigenvalue weighted by atomic mass is 10.4. The van der Waals surface area contributed by atoms with Gasteiger partial charge in [-0.3, -0.25) is 9.59 Å². The fourth-order valence-corrected chi connectivity index (χ4v) is 1.05. The molecule has 1 heterocycles. The van der Waals surface area contributed by atoms with Gasteiger partial charge in [-0.1, -0.05) is 0 Å². The average Bonchev–Trinajstić information content (AvgIpc) is 2.29. The van der Waals surface area contributed by atoms with Crippen LogP contribution in [0.25, 0.3) is 0 Å². The van der Waals surface area contributed by atoms with Crippen LogP contribution in [0.1, 0.15) is 17.5 Å². The number of carbonyl (C=O) groups is 2. The van der Waals surface area contributed by atoms with Gasteiger partial charge in [0.25, 0.3) is 5.91 Å². The van der Waals surface area contributed by atoms with Crippen molar-refractivity contribution in [1.82, 2.24) is 14.9 Å². The topological polar surface area (TPSA) is 72.4 Å². The quantitative estimate of drug-likeness (QED) is 0.677. The zero-order valence-corrected chi connectivity index (χ0v) is 9.21. The van der Waals surface area contributed by atoms with Crippen LogP contribution >= 0.6 is 0 Å². The monoisotopic (exact) mass is 223 g/mol. The Bertz CT molecular complexity index is 367. The predicted octanol–water partition coefficient (Wildman–Crippen LogP) is 0.112. The van der Waals surface area contributed by atoms with Crippen LogP contribution in [0.5, 0.6) is 0 Å². The van der Waals surface area contributed by atoms with Crippen LogP contribution in [0.3, 0.4) is 0 Å². The molecular weight excluding hydrogens is 210 g/mol. The van der Waals surface area contributed by atoms with Crippen molar-refractivity contribution in [3.05, 3.63) is 24.3 Å². The standard InChI is InChI=1S/C10H13N3O3/c1-3-16-8(14)7-13(2)10(15)9-11-5-4-6-12-9/h4-6H,3,7H2,1-2H3. The van der Waals surface area contributed by atoms with Crippen molar-refractivity contribution < 1.29 is 14.3 Å². The van der Waals surface area contributed by atoms with Gasteiger partial charge in [0.05, 0.1) is 6.61 Å². The second-order valence-electron chi connectivity index (χ2n) is 3.04. The Morgan fingerprint density at radius 3 is 2.56 bits per heavy atom. The van der Waals surface area contributed by atoms with E-state index in [4.69, 9.17) is 4.74 Å². The molecule has 0 aliphatic heterocycles. The summed E-state index contributed by atoms with van der Waals surface area (Å²) < 4.78 is 4.72. The summed E-state index contributed by atoms with van der Waals surface area (Å²) in [5.41, 5.74) is 0. The van der Waals surface area contributed by atoms with Crippen molar-refractivity contribution in [2.75, 3.05) is 20.2 Å². The minimum absolute atomic E-state index is 0.0642. The smallest absolute Gasteiger partial charge is 0.325 e. The van der Waals surface area contributed by atoms with Crippen LogP contribution in [0.2, 0.25) is 0 Å². The minimum atomic E-state index is -0.450. The van der Waals surface area contributed by atoms with E-state index < -0.39 is 11.9 Å². The number of ether oxygens (including phenoxy) is 1. The Kier molecular flexibility index (Phi) is 4.38. The number of aromatic nitrogens is 2. The summed E-state index contributed by atoms with van der Waals surface area (Å²) in [5, 5.41) is 0. The van der Waals surface area contributed by atoms with Gasteiger partial charge in [-0.15, -0.1) is 0 Å². The third kappa shape index (κ3) is 3.30. The van der Waals surface area contributed by atoms with Crippen molar-refractivity contribution in [3.8, 4) is 0 Å². The highest BCUT2D eigenvalue weighted by Crippen LogP contribution is 1.95. The van der Waals surface area contributed by atoms with Gasteiger partial charge < -0.3 is 9.64 Å². The largest absolute Gasteiger partial charge is 0.465 e. The first-order chi connectivity index (χ1) is 7.65. The molecule has 0 aliphatic rings. The van der Waals surface area contributed by atoms with Crippen molar-refractivity contribution >= 4 is 11.9 Å². The van der Waals surface area contributed by atoms with E-state index in [1.165, 1.54) is 24.3 Å². The molecule has 6 heteroatoms. The number of likely N-dealkylation sites (N-methyl/N-ethyl adjacent to an activating group) is 1. The van der Waals surface area contributed by atoms with Gasteiger partial charge in [-0.2, -0.15) is 0 Å². The molecule has 0 saturated carbocycles. The predicted molar refractivity (Wildman–Crippen MR) is 55.6 cm³/mol. The second kappa shape index (κ2) is 5.79. The number of amides is 1. The van der Waals surface area contributed by atoms with Crippen molar-refractivity contribution in [1.29, 1.82) is 0 Å². The summed E-state index contributed by atoms with van der Waals surface area (Å²) in [6.45, 7) is 1.90. The molecule has 0 radical (unpaired) electrons. The number of nitrogens with zero attached hydrogens (tertiary/aromatic N) is 3. The maximum absolute atomic E-state index is 11.7. The van der Waals surface area contributed by atoms with Gasteiger partial charge in [-0.05, 0) is 13.0 Å². The van der Waals surface area contributed by atoms with E-state index in [1.807, 2.05) is 0 Å². The summed E-state index contributed by atoms with van der Waals surface area (Å²) in [5.74, 6) is -0.794. The molecule has 0 aromatic carbocycles. The lowest BCUT2D eigenvalue weighted by Crippen LogP contribution is -2.34. The van der Waals surface area contributed by atoms with Gasteiger partial charge in [0.2, 0.25) is 5.82 Å². The highest BCUT2D eigenvalue weighted by atomic mass is 16.5. The molecule has 86 valence electrons. The molecule has 1 rings (SSSR count). The Balaban J connectivity index is 2.58. The van der Waals surface area contributed by atoms with Crippen molar-refractivity contribution in [2.24, 2.45) is 0 Å². The van der Waals surface area contributed by atoms with Gasteiger partial charge >= 0.3 is 5.97 Å². The van der Waals surface area contributed by atoms with Gasteiger partial charge in [-0.25, -0.2) is 9.97 Å². The summed E-state index contributed by atoms with van der Waals surface area (Å²) in [4.78, 5) is 31.6. The molecule has 0 spiro atoms. The Morgan fingerprint density at radius 2 is 2.00 bits per heavy atom. The van der Waals surface area contributed by atoms with E-state index in [1.54, 1.807) is 13.0 Å². The highest BCUT2D eigenvalue weighted by molar-refractivity contribution is 5.92. The van der Waals surface area contributed by atoms with Gasteiger partial charge in [0, 0.05) is 19.4 Å². The minimum Gasteiger partial charge on any atom is -0.465 e. The maximum Gasteiger partial charge on any atom is 0.325 e. The molecule has 0 N–H and O–H groups in total. The van der Waals surface area contributed by atoms with Crippen LogP contribution in [-0.2, 0) is 9.53 Å². The van der Waals surface area contributed by atoms with E-state index in [-0.39, 0.29) is 12.4 Å². The molecule has 0 saturated heterocycles. The lowest BCUT2D eigenvalue weighted by molar-refractivity contribution is -0.143. The van der Waals surface area contributed by atoms with Crippen LogP contribution in [0.15, 0.2) is 18.5 Å². The van der Waals surface area contributed by atoms with E-state index in [0.29, 0.717) is 6.61 Å². The Labute approximate surface area is 93.3 Å². The maximum atomic E-state index is 11.7. The first-order valence-corrected chi connectivity index (χ1v) is 4.83. The molecule has 1 aromatic rings. The van der Waals surface area contributed by atoms with Crippen LogP contribution in [0, 0.1) is 0 Å². The van der Waals surface area contributed by atoms with E-state index in [9.17, 15) is 9.59 Å². The molecular formula is C10H13N3O3. The molecule has 1 amide bonds. The SMILES string of the molecule is CCOC(=O)CN(C)C(=O)c1ncccn1. The van der Waals surface area contributed by atoms with E-state index in [0.717, 1.165) is 0 Å². The van der Waals surface area contributed by atoms with Crippen molar-refractivity contribution in [3.63, 3.8) is 0 Å². The van der Waals surface area contributed by atoms with Gasteiger partial charge in [0.15, 0.2) is 0 Å². The molecule has 0 bridgehead atoms. The fraction of sp³-hybridized carbons (Fsp3) is 0.400. The first kappa shape index (κ1) is 12.1. The molecule has 0 fully saturated rings. The molecule has 6 nitrogen and oxygen atoms in total. The summed E-state index contributed by atoms with van der Waals surface area (Å²) in [7, 11) is 1.50. The Hall–Kier alpha value is -1.98. The van der Waals surface area contributed by atoms with Crippen LogP contribution in [0.4, 0.5) is 0 Å². The summed E-state index contributed by atoms with van der Waals surface area (Å²) in [6, 6.07) is 1.61. The number of hydrogen-bond acceptors (Lipinski definition) is 5. The molecule has 0 aliphatic carbocycles. The Morgan fingerprint density at radius 1 is 1.38 bits per heavy atom. The highest BCUT2D eigenvalue weighted by Gasteiger charge is 2.17. The fourth-order valence-electron chi connectivity index (χ4n) is 1.05. The average molecular weight is 223 g/mol. The first-order valence-electron chi connectivity index (χ1n) is 4.83. The molecule has 16 heavy (non-hydrogen) atoms. The zero-order valence-electron chi connectivity index (χ0n) is 9.21. The number of rotatable bonds is 4. The van der Waals surface area contributed by atoms with Crippen LogP contribution < -0.4 is 0 Å². The molecule has 0 unspecified atom stereocenters. The summed E-state index contributed by atoms with van der Waals surface area (Å²) in [6.07, 6.45) is 2.94. The summed E-state index contributed by atoms with van der Waals surface area (Å²) >= 11 is 0. The lowest BCUT2D eigenvalue weighted by Gasteiger charge is -2.14. The number of carbonyl (C=O) groups excluding carboxylic acids is 2. The normalized spacial score (nSPS) is 9.62. The number of hydrogen-bond donors (Lipinski definition) is 0. The number of esters is 1. The van der Waals surface area contributed by atoms with E-state index in [2.05, 4.69) is 9.97 Å². The van der Waals surface area contributed by atoms with Crippen LogP contribution in [-0.4, -0.2) is 46.9 Å². The molecule has 1 aromatic heterocycles. The second-order valence-corrected chi connectivity index (χ2v) is 3.04. The zero-order chi connectivity index (χ0) is 12.0. The molecule has 0 atom stereocenters. The van der Waals surface area contributed by atoms with E-state index >= 15 is 0 Å². The van der Waals surface area contributed by atoms with Crippen molar-refractivity contribution in [2.45, 2.75) is 6.92 Å².